The van der Waals surface area contributed by atoms with Crippen molar-refractivity contribution >= 4 is 17.1 Å². The normalized spacial score (nSPS) is 13.6. The average Bonchev–Trinajstić information content (AvgIpc) is 3.54. The van der Waals surface area contributed by atoms with E-state index in [-0.39, 0.29) is 12.1 Å². The topological polar surface area (TPSA) is 64.7 Å². The van der Waals surface area contributed by atoms with E-state index in [2.05, 4.69) is 15.3 Å². The summed E-state index contributed by atoms with van der Waals surface area (Å²) in [6.07, 6.45) is 4.46. The van der Waals surface area contributed by atoms with Crippen molar-refractivity contribution in [3.63, 3.8) is 0 Å². The van der Waals surface area contributed by atoms with E-state index in [4.69, 9.17) is 0 Å². The third kappa shape index (κ3) is 3.58. The Kier molecular flexibility index (Phi) is 4.77. The first kappa shape index (κ1) is 19.4. The van der Waals surface area contributed by atoms with Gasteiger partial charge in [0, 0.05) is 11.6 Å². The fourth-order valence-electron chi connectivity index (χ4n) is 3.66. The summed E-state index contributed by atoms with van der Waals surface area (Å²) in [6.45, 7) is 1.78. The van der Waals surface area contributed by atoms with Crippen LogP contribution in [-0.2, 0) is 13.0 Å². The molecule has 1 N–H and O–H groups in total. The summed E-state index contributed by atoms with van der Waals surface area (Å²) in [7, 11) is 0. The van der Waals surface area contributed by atoms with Gasteiger partial charge in [-0.1, -0.05) is 25.1 Å². The Bertz CT molecular complexity index is 1320. The summed E-state index contributed by atoms with van der Waals surface area (Å²) in [4.78, 5) is 22.4. The third-order valence-electron chi connectivity index (χ3n) is 5.54. The van der Waals surface area contributed by atoms with Crippen LogP contribution in [0.5, 0.6) is 0 Å². The maximum Gasteiger partial charge on any atom is 0.335 e. The molecule has 6 nitrogen and oxygen atoms in total. The van der Waals surface area contributed by atoms with Crippen molar-refractivity contribution in [2.45, 2.75) is 38.8 Å². The number of halogens is 2. The molecule has 31 heavy (non-hydrogen) atoms. The molecule has 0 bridgehead atoms. The first-order chi connectivity index (χ1) is 15.0. The first-order valence-corrected chi connectivity index (χ1v) is 10.3. The lowest BCUT2D eigenvalue weighted by Crippen LogP contribution is -2.24. The number of imidazole rings is 1. The Morgan fingerprint density at radius 3 is 2.58 bits per heavy atom. The lowest BCUT2D eigenvalue weighted by molar-refractivity contribution is 0.543. The molecule has 0 atom stereocenters. The van der Waals surface area contributed by atoms with Crippen LogP contribution in [0.2, 0.25) is 0 Å². The molecule has 0 amide bonds. The van der Waals surface area contributed by atoms with Crippen molar-refractivity contribution in [1.82, 2.24) is 19.1 Å². The molecule has 0 unspecified atom stereocenters. The first-order valence-electron chi connectivity index (χ1n) is 10.3. The van der Waals surface area contributed by atoms with Crippen LogP contribution in [0.4, 0.5) is 14.7 Å². The molecule has 0 aliphatic heterocycles. The molecule has 8 heteroatoms. The van der Waals surface area contributed by atoms with Crippen molar-refractivity contribution < 1.29 is 8.78 Å². The average molecular weight is 421 g/mol. The summed E-state index contributed by atoms with van der Waals surface area (Å²) in [5.41, 5.74) is 1.92. The number of hydrogen-bond donors (Lipinski definition) is 1. The molecule has 0 spiro atoms. The highest BCUT2D eigenvalue weighted by Crippen LogP contribution is 2.25. The highest BCUT2D eigenvalue weighted by Gasteiger charge is 2.24. The van der Waals surface area contributed by atoms with Gasteiger partial charge in [0.25, 0.3) is 0 Å². The van der Waals surface area contributed by atoms with Crippen LogP contribution in [0.15, 0.2) is 53.5 Å². The van der Waals surface area contributed by atoms with Gasteiger partial charge < -0.3 is 5.32 Å². The maximum absolute atomic E-state index is 14.3. The molecule has 1 aliphatic rings. The maximum atomic E-state index is 14.3. The summed E-state index contributed by atoms with van der Waals surface area (Å²) < 4.78 is 31.4. The summed E-state index contributed by atoms with van der Waals surface area (Å²) >= 11 is 0. The van der Waals surface area contributed by atoms with Crippen LogP contribution in [0.25, 0.3) is 16.9 Å². The van der Waals surface area contributed by atoms with E-state index in [0.29, 0.717) is 28.8 Å². The van der Waals surface area contributed by atoms with Gasteiger partial charge in [-0.3, -0.25) is 4.57 Å². The van der Waals surface area contributed by atoms with Crippen LogP contribution in [0.3, 0.4) is 0 Å². The molecule has 0 radical (unpaired) electrons. The molecular formula is C23H21F2N5O. The van der Waals surface area contributed by atoms with Crippen LogP contribution in [0, 0.1) is 11.6 Å². The molecule has 2 heterocycles. The number of nitrogens with zero attached hydrogens (tertiary/aromatic N) is 4. The lowest BCUT2D eigenvalue weighted by atomic mass is 10.1. The Balaban J connectivity index is 1.72. The van der Waals surface area contributed by atoms with Crippen LogP contribution in [-0.4, -0.2) is 25.1 Å². The van der Waals surface area contributed by atoms with Gasteiger partial charge >= 0.3 is 5.69 Å². The van der Waals surface area contributed by atoms with Crippen molar-refractivity contribution in [3.8, 4) is 5.69 Å². The predicted molar refractivity (Wildman–Crippen MR) is 115 cm³/mol. The zero-order chi connectivity index (χ0) is 21.5. The monoisotopic (exact) mass is 421 g/mol. The smallest absolute Gasteiger partial charge is 0.335 e. The second-order valence-corrected chi connectivity index (χ2v) is 7.75. The number of fused-ring (bicyclic) bond motifs is 1. The molecule has 4 aromatic rings. The third-order valence-corrected chi connectivity index (χ3v) is 5.54. The molecule has 2 aromatic heterocycles. The number of benzene rings is 2. The van der Waals surface area contributed by atoms with Gasteiger partial charge in [-0.25, -0.2) is 23.1 Å². The minimum atomic E-state index is -0.700. The molecule has 1 fully saturated rings. The molecule has 1 aliphatic carbocycles. The molecular weight excluding hydrogens is 400 g/mol. The van der Waals surface area contributed by atoms with Crippen LogP contribution >= 0.6 is 0 Å². The van der Waals surface area contributed by atoms with Gasteiger partial charge in [-0.2, -0.15) is 4.98 Å². The summed E-state index contributed by atoms with van der Waals surface area (Å²) in [5.74, 6) is -0.966. The minimum absolute atomic E-state index is 0.175. The molecule has 5 rings (SSSR count). The number of rotatable bonds is 6. The van der Waals surface area contributed by atoms with E-state index in [9.17, 15) is 13.6 Å². The number of aryl methyl sites for hydroxylation is 1. The van der Waals surface area contributed by atoms with Crippen molar-refractivity contribution in [2.24, 2.45) is 0 Å². The van der Waals surface area contributed by atoms with E-state index < -0.39 is 17.3 Å². The fourth-order valence-corrected chi connectivity index (χ4v) is 3.66. The van der Waals surface area contributed by atoms with Gasteiger partial charge in [0.15, 0.2) is 5.65 Å². The van der Waals surface area contributed by atoms with Crippen molar-refractivity contribution in [2.75, 3.05) is 5.32 Å². The summed E-state index contributed by atoms with van der Waals surface area (Å²) in [5, 5.41) is 3.24. The van der Waals surface area contributed by atoms with Gasteiger partial charge in [0.2, 0.25) is 5.95 Å². The largest absolute Gasteiger partial charge is 0.351 e. The number of anilines is 1. The van der Waals surface area contributed by atoms with E-state index in [0.717, 1.165) is 24.8 Å². The van der Waals surface area contributed by atoms with Crippen molar-refractivity contribution in [3.05, 3.63) is 81.9 Å². The fraction of sp³-hybridized carbons (Fsp3) is 0.261. The van der Waals surface area contributed by atoms with Crippen LogP contribution in [0.1, 0.15) is 30.9 Å². The molecule has 158 valence electrons. The Labute approximate surface area is 177 Å². The second-order valence-electron chi connectivity index (χ2n) is 7.75. The quantitative estimate of drug-likeness (QED) is 0.510. The Morgan fingerprint density at radius 1 is 1.13 bits per heavy atom. The standard InChI is InChI=1S/C23H21F2N5O/c1-2-14-5-3-6-16(11-14)30-21-20(12-26-22(28-21)27-15-9-10-15)29(23(30)31)13-17-18(24)7-4-8-19(17)25/h3-8,11-12,15H,2,9-10,13H2,1H3,(H,26,27,28). The van der Waals surface area contributed by atoms with Crippen molar-refractivity contribution in [1.29, 1.82) is 0 Å². The van der Waals surface area contributed by atoms with E-state index >= 15 is 0 Å². The predicted octanol–water partition coefficient (Wildman–Crippen LogP) is 4.05. The van der Waals surface area contributed by atoms with E-state index in [1.807, 2.05) is 31.2 Å². The van der Waals surface area contributed by atoms with Gasteiger partial charge in [-0.15, -0.1) is 0 Å². The Morgan fingerprint density at radius 2 is 1.87 bits per heavy atom. The molecule has 2 aromatic carbocycles. The number of hydrogen-bond acceptors (Lipinski definition) is 4. The minimum Gasteiger partial charge on any atom is -0.351 e. The van der Waals surface area contributed by atoms with Gasteiger partial charge in [0.05, 0.1) is 18.4 Å². The van der Waals surface area contributed by atoms with E-state index in [1.165, 1.54) is 33.5 Å². The van der Waals surface area contributed by atoms with Gasteiger partial charge in [-0.05, 0) is 49.1 Å². The lowest BCUT2D eigenvalue weighted by Gasteiger charge is -2.06. The Hall–Kier alpha value is -3.55. The highest BCUT2D eigenvalue weighted by molar-refractivity contribution is 5.74. The van der Waals surface area contributed by atoms with Crippen LogP contribution < -0.4 is 11.0 Å². The summed E-state index contributed by atoms with van der Waals surface area (Å²) in [6, 6.07) is 11.6. The highest BCUT2D eigenvalue weighted by atomic mass is 19.1. The number of nitrogens with one attached hydrogen (secondary N) is 1. The second kappa shape index (κ2) is 7.61. The molecule has 0 saturated heterocycles. The zero-order valence-corrected chi connectivity index (χ0v) is 17.0. The number of aromatic nitrogens is 4. The SMILES string of the molecule is CCc1cccc(-n2c(=O)n(Cc3c(F)cccc3F)c3cnc(NC4CC4)nc32)c1. The molecule has 1 saturated carbocycles. The van der Waals surface area contributed by atoms with E-state index in [1.54, 1.807) is 0 Å². The zero-order valence-electron chi connectivity index (χ0n) is 17.0. The van der Waals surface area contributed by atoms with Gasteiger partial charge in [0.1, 0.15) is 17.2 Å².